The van der Waals surface area contributed by atoms with E-state index in [0.717, 1.165) is 35.3 Å². The van der Waals surface area contributed by atoms with Crippen molar-refractivity contribution in [3.63, 3.8) is 0 Å². The van der Waals surface area contributed by atoms with Gasteiger partial charge >= 0.3 is 0 Å². The molecule has 120 valence electrons. The van der Waals surface area contributed by atoms with Gasteiger partial charge in [-0.25, -0.2) is 4.98 Å². The fraction of sp³-hybridized carbons (Fsp3) is 0.150. The first kappa shape index (κ1) is 14.0. The van der Waals surface area contributed by atoms with Crippen molar-refractivity contribution >= 4 is 22.0 Å². The summed E-state index contributed by atoms with van der Waals surface area (Å²) >= 11 is 0. The van der Waals surface area contributed by atoms with Gasteiger partial charge in [-0.1, -0.05) is 0 Å². The molecule has 0 spiro atoms. The summed E-state index contributed by atoms with van der Waals surface area (Å²) in [4.78, 5) is 20.5. The number of nitriles is 1. The first-order valence-corrected chi connectivity index (χ1v) is 8.20. The molecule has 1 fully saturated rings. The largest absolute Gasteiger partial charge is 0.454 e. The average Bonchev–Trinajstić information content (AvgIpc) is 3.40. The van der Waals surface area contributed by atoms with E-state index in [2.05, 4.69) is 16.0 Å². The maximum atomic E-state index is 12.5. The van der Waals surface area contributed by atoms with E-state index >= 15 is 0 Å². The van der Waals surface area contributed by atoms with E-state index in [-0.39, 0.29) is 5.43 Å². The van der Waals surface area contributed by atoms with Crippen LogP contribution >= 0.6 is 0 Å². The number of H-pyrrole nitrogens is 1. The summed E-state index contributed by atoms with van der Waals surface area (Å²) in [6.45, 7) is 0. The van der Waals surface area contributed by atoms with Crippen molar-refractivity contribution < 1.29 is 4.42 Å². The number of aromatic nitrogens is 2. The molecule has 2 aromatic carbocycles. The Hall–Kier alpha value is -3.39. The summed E-state index contributed by atoms with van der Waals surface area (Å²) in [5.74, 6) is 1.95. The summed E-state index contributed by atoms with van der Waals surface area (Å²) in [5.41, 5.74) is 3.35. The molecule has 0 amide bonds. The Morgan fingerprint density at radius 3 is 2.68 bits per heavy atom. The molecule has 5 nitrogen and oxygen atoms in total. The van der Waals surface area contributed by atoms with Gasteiger partial charge in [0.05, 0.1) is 22.5 Å². The van der Waals surface area contributed by atoms with Crippen LogP contribution in [0.2, 0.25) is 0 Å². The maximum Gasteiger partial charge on any atom is 0.193 e. The number of nitrogens with zero attached hydrogens (tertiary/aromatic N) is 2. The normalized spacial score (nSPS) is 14.0. The first-order valence-electron chi connectivity index (χ1n) is 8.20. The van der Waals surface area contributed by atoms with Crippen LogP contribution in [0.3, 0.4) is 0 Å². The Bertz CT molecular complexity index is 1220. The molecule has 0 atom stereocenters. The molecule has 1 saturated carbocycles. The molecule has 0 bridgehead atoms. The number of aromatic amines is 1. The average molecular weight is 327 g/mol. The molecule has 2 aromatic heterocycles. The smallest absolute Gasteiger partial charge is 0.193 e. The lowest BCUT2D eigenvalue weighted by atomic mass is 10.1. The summed E-state index contributed by atoms with van der Waals surface area (Å²) in [7, 11) is 0. The van der Waals surface area contributed by atoms with Crippen LogP contribution in [0.25, 0.3) is 33.3 Å². The lowest BCUT2D eigenvalue weighted by Gasteiger charge is -2.04. The molecule has 1 aliphatic carbocycles. The third-order valence-corrected chi connectivity index (χ3v) is 4.63. The molecule has 1 aliphatic rings. The Morgan fingerprint density at radius 2 is 1.96 bits per heavy atom. The SMILES string of the molecule is N#Cc1ccc(-c2cc(=O)c3ccc4nc(C5CC5)[nH]c4c3o2)cc1. The summed E-state index contributed by atoms with van der Waals surface area (Å²) < 4.78 is 6.07. The number of rotatable bonds is 2. The zero-order valence-electron chi connectivity index (χ0n) is 13.2. The molecule has 0 saturated heterocycles. The van der Waals surface area contributed by atoms with E-state index in [0.29, 0.717) is 28.2 Å². The van der Waals surface area contributed by atoms with E-state index in [1.165, 1.54) is 6.07 Å². The molecule has 0 aliphatic heterocycles. The van der Waals surface area contributed by atoms with Crippen LogP contribution in [0.15, 0.2) is 51.7 Å². The van der Waals surface area contributed by atoms with E-state index in [1.807, 2.05) is 6.07 Å². The topological polar surface area (TPSA) is 82.7 Å². The third-order valence-electron chi connectivity index (χ3n) is 4.63. The highest BCUT2D eigenvalue weighted by Gasteiger charge is 2.27. The van der Waals surface area contributed by atoms with E-state index in [4.69, 9.17) is 9.68 Å². The molecule has 0 radical (unpaired) electrons. The number of hydrogen-bond acceptors (Lipinski definition) is 4. The van der Waals surface area contributed by atoms with Crippen LogP contribution in [0.5, 0.6) is 0 Å². The van der Waals surface area contributed by atoms with Crippen molar-refractivity contribution in [3.8, 4) is 17.4 Å². The number of hydrogen-bond donors (Lipinski definition) is 1. The summed E-state index contributed by atoms with van der Waals surface area (Å²) in [6, 6.07) is 14.2. The van der Waals surface area contributed by atoms with Crippen LogP contribution in [0, 0.1) is 11.3 Å². The zero-order chi connectivity index (χ0) is 17.0. The Morgan fingerprint density at radius 1 is 1.16 bits per heavy atom. The number of nitrogens with one attached hydrogen (secondary N) is 1. The van der Waals surface area contributed by atoms with E-state index in [1.54, 1.807) is 30.3 Å². The molecular formula is C20H13N3O2. The molecule has 5 rings (SSSR count). The lowest BCUT2D eigenvalue weighted by Crippen LogP contribution is -2.00. The zero-order valence-corrected chi connectivity index (χ0v) is 13.2. The van der Waals surface area contributed by atoms with Crippen LogP contribution < -0.4 is 5.43 Å². The first-order chi connectivity index (χ1) is 12.2. The van der Waals surface area contributed by atoms with Crippen molar-refractivity contribution in [2.75, 3.05) is 0 Å². The van der Waals surface area contributed by atoms with Gasteiger partial charge in [0.1, 0.15) is 17.1 Å². The second kappa shape index (κ2) is 5.05. The minimum Gasteiger partial charge on any atom is -0.454 e. The van der Waals surface area contributed by atoms with E-state index in [9.17, 15) is 4.79 Å². The Kier molecular flexibility index (Phi) is 2.83. The highest BCUT2D eigenvalue weighted by Crippen LogP contribution is 2.39. The van der Waals surface area contributed by atoms with Gasteiger partial charge in [0.2, 0.25) is 0 Å². The van der Waals surface area contributed by atoms with Crippen molar-refractivity contribution in [2.45, 2.75) is 18.8 Å². The molecule has 25 heavy (non-hydrogen) atoms. The van der Waals surface area contributed by atoms with Gasteiger partial charge in [-0.2, -0.15) is 5.26 Å². The summed E-state index contributed by atoms with van der Waals surface area (Å²) in [5, 5.41) is 9.46. The van der Waals surface area contributed by atoms with Gasteiger partial charge in [-0.15, -0.1) is 0 Å². The monoisotopic (exact) mass is 327 g/mol. The minimum absolute atomic E-state index is 0.0925. The third kappa shape index (κ3) is 2.23. The Balaban J connectivity index is 1.76. The van der Waals surface area contributed by atoms with Gasteiger partial charge in [-0.05, 0) is 49.2 Å². The molecule has 2 heterocycles. The minimum atomic E-state index is -0.0925. The van der Waals surface area contributed by atoms with Gasteiger partial charge in [0, 0.05) is 17.5 Å². The maximum absolute atomic E-state index is 12.5. The predicted molar refractivity (Wildman–Crippen MR) is 94.3 cm³/mol. The second-order valence-corrected chi connectivity index (χ2v) is 6.40. The van der Waals surface area contributed by atoms with Gasteiger partial charge in [0.15, 0.2) is 11.0 Å². The number of imidazole rings is 1. The van der Waals surface area contributed by atoms with Crippen molar-refractivity contribution in [1.82, 2.24) is 9.97 Å². The fourth-order valence-electron chi connectivity index (χ4n) is 3.11. The lowest BCUT2D eigenvalue weighted by molar-refractivity contribution is 0.621. The quantitative estimate of drug-likeness (QED) is 0.601. The van der Waals surface area contributed by atoms with E-state index < -0.39 is 0 Å². The van der Waals surface area contributed by atoms with Crippen LogP contribution in [-0.2, 0) is 0 Å². The number of benzene rings is 2. The molecule has 1 N–H and O–H groups in total. The predicted octanol–water partition coefficient (Wildman–Crippen LogP) is 4.09. The molecule has 5 heteroatoms. The Labute approximate surface area is 142 Å². The standard InChI is InChI=1S/C20H13N3O2/c21-10-11-1-3-12(4-2-11)17-9-16(24)14-7-8-15-18(19(14)25-17)23-20(22-15)13-5-6-13/h1-4,7-9,13H,5-6H2,(H,22,23). The molecule has 4 aromatic rings. The highest BCUT2D eigenvalue weighted by molar-refractivity contribution is 6.00. The van der Waals surface area contributed by atoms with Crippen molar-refractivity contribution in [1.29, 1.82) is 5.26 Å². The molecular weight excluding hydrogens is 314 g/mol. The van der Waals surface area contributed by atoms with Gasteiger partial charge in [-0.3, -0.25) is 4.79 Å². The van der Waals surface area contributed by atoms with Crippen molar-refractivity contribution in [2.24, 2.45) is 0 Å². The summed E-state index contributed by atoms with van der Waals surface area (Å²) in [6.07, 6.45) is 2.30. The van der Waals surface area contributed by atoms with Crippen LogP contribution in [0.1, 0.15) is 30.1 Å². The second-order valence-electron chi connectivity index (χ2n) is 6.40. The fourth-order valence-corrected chi connectivity index (χ4v) is 3.11. The van der Waals surface area contributed by atoms with Crippen molar-refractivity contribution in [3.05, 3.63) is 64.1 Å². The van der Waals surface area contributed by atoms with Gasteiger partial charge < -0.3 is 9.40 Å². The molecule has 0 unspecified atom stereocenters. The van der Waals surface area contributed by atoms with Crippen LogP contribution in [-0.4, -0.2) is 9.97 Å². The number of fused-ring (bicyclic) bond motifs is 3. The van der Waals surface area contributed by atoms with Crippen LogP contribution in [0.4, 0.5) is 0 Å². The van der Waals surface area contributed by atoms with Gasteiger partial charge in [0.25, 0.3) is 0 Å². The highest BCUT2D eigenvalue weighted by atomic mass is 16.3.